The molecule has 0 saturated heterocycles. The van der Waals surface area contributed by atoms with Gasteiger partial charge in [0.1, 0.15) is 0 Å². The molecule has 0 aliphatic heterocycles. The minimum Gasteiger partial charge on any atom is -0.381 e. The lowest BCUT2D eigenvalue weighted by molar-refractivity contribution is 0.133. The lowest BCUT2D eigenvalue weighted by Gasteiger charge is -1.98. The minimum absolute atomic E-state index is 0.804. The fraction of sp³-hybridized carbons (Fsp3) is 0.353. The molecule has 0 aliphatic rings. The zero-order valence-corrected chi connectivity index (χ0v) is 11.4. The molecule has 0 aliphatic carbocycles. The van der Waals surface area contributed by atoms with Crippen LogP contribution in [0.4, 0.5) is 0 Å². The Bertz CT molecular complexity index is 580. The third-order valence-corrected chi connectivity index (χ3v) is 2.76. The lowest BCUT2D eigenvalue weighted by atomic mass is 10.1. The summed E-state index contributed by atoms with van der Waals surface area (Å²) in [6, 6.07) is 10.2. The molecule has 19 heavy (non-hydrogen) atoms. The molecule has 0 unspecified atom stereocenters. The Morgan fingerprint density at radius 1 is 1.21 bits per heavy atom. The van der Waals surface area contributed by atoms with Gasteiger partial charge in [0.25, 0.3) is 0 Å². The number of benzene rings is 1. The molecule has 0 amide bonds. The summed E-state index contributed by atoms with van der Waals surface area (Å²) in [4.78, 5) is 4.39. The Morgan fingerprint density at radius 2 is 2.11 bits per heavy atom. The van der Waals surface area contributed by atoms with E-state index in [0.717, 1.165) is 48.9 Å². The van der Waals surface area contributed by atoms with E-state index in [4.69, 9.17) is 4.74 Å². The van der Waals surface area contributed by atoms with Crippen LogP contribution in [-0.2, 0) is 4.74 Å². The van der Waals surface area contributed by atoms with E-state index in [0.29, 0.717) is 0 Å². The molecule has 0 N–H and O–H groups in total. The highest BCUT2D eigenvalue weighted by Gasteiger charge is 1.93. The van der Waals surface area contributed by atoms with Crippen molar-refractivity contribution in [1.29, 1.82) is 0 Å². The third kappa shape index (κ3) is 4.39. The molecule has 0 radical (unpaired) electrons. The van der Waals surface area contributed by atoms with E-state index in [2.05, 4.69) is 35.9 Å². The Labute approximate surface area is 114 Å². The molecule has 0 fully saturated rings. The SMILES string of the molecule is CCCOCCCC#Cc1cnc2ccccc2c1. The van der Waals surface area contributed by atoms with Crippen LogP contribution >= 0.6 is 0 Å². The summed E-state index contributed by atoms with van der Waals surface area (Å²) in [5.74, 6) is 6.33. The Kier molecular flexibility index (Phi) is 5.40. The number of rotatable bonds is 5. The van der Waals surface area contributed by atoms with Crippen LogP contribution in [0.25, 0.3) is 10.9 Å². The van der Waals surface area contributed by atoms with E-state index < -0.39 is 0 Å². The summed E-state index contributed by atoms with van der Waals surface area (Å²) in [6.45, 7) is 3.77. The van der Waals surface area contributed by atoms with Gasteiger partial charge in [0.05, 0.1) is 5.52 Å². The number of nitrogens with zero attached hydrogens (tertiary/aromatic N) is 1. The molecule has 0 atom stereocenters. The van der Waals surface area contributed by atoms with E-state index >= 15 is 0 Å². The van der Waals surface area contributed by atoms with E-state index in [1.807, 2.05) is 24.4 Å². The average Bonchev–Trinajstić information content (AvgIpc) is 2.46. The predicted molar refractivity (Wildman–Crippen MR) is 79.0 cm³/mol. The van der Waals surface area contributed by atoms with Crippen LogP contribution in [0, 0.1) is 11.8 Å². The molecular weight excluding hydrogens is 234 g/mol. The van der Waals surface area contributed by atoms with Gasteiger partial charge in [0, 0.05) is 36.8 Å². The van der Waals surface area contributed by atoms with Crippen molar-refractivity contribution in [2.75, 3.05) is 13.2 Å². The van der Waals surface area contributed by atoms with Crippen molar-refractivity contribution in [1.82, 2.24) is 4.98 Å². The number of unbranched alkanes of at least 4 members (excludes halogenated alkanes) is 1. The van der Waals surface area contributed by atoms with Crippen molar-refractivity contribution in [3.8, 4) is 11.8 Å². The van der Waals surface area contributed by atoms with Gasteiger partial charge >= 0.3 is 0 Å². The molecular formula is C17H19NO. The van der Waals surface area contributed by atoms with Gasteiger partial charge < -0.3 is 4.74 Å². The molecule has 0 spiro atoms. The normalized spacial score (nSPS) is 10.2. The molecule has 0 saturated carbocycles. The summed E-state index contributed by atoms with van der Waals surface area (Å²) in [6.07, 6.45) is 4.78. The Hall–Kier alpha value is -1.85. The maximum absolute atomic E-state index is 5.41. The quantitative estimate of drug-likeness (QED) is 0.597. The van der Waals surface area contributed by atoms with Gasteiger partial charge in [-0.3, -0.25) is 4.98 Å². The van der Waals surface area contributed by atoms with Gasteiger partial charge in [-0.15, -0.1) is 0 Å². The van der Waals surface area contributed by atoms with Crippen molar-refractivity contribution in [3.63, 3.8) is 0 Å². The predicted octanol–water partition coefficient (Wildman–Crippen LogP) is 3.79. The summed E-state index contributed by atoms with van der Waals surface area (Å²) in [5, 5.41) is 1.14. The highest BCUT2D eigenvalue weighted by Crippen LogP contribution is 2.11. The lowest BCUT2D eigenvalue weighted by Crippen LogP contribution is -1.94. The van der Waals surface area contributed by atoms with Crippen molar-refractivity contribution in [3.05, 3.63) is 42.1 Å². The number of hydrogen-bond donors (Lipinski definition) is 0. The number of ether oxygens (including phenoxy) is 1. The zero-order valence-electron chi connectivity index (χ0n) is 11.4. The van der Waals surface area contributed by atoms with Crippen LogP contribution in [-0.4, -0.2) is 18.2 Å². The fourth-order valence-electron chi connectivity index (χ4n) is 1.81. The number of para-hydroxylation sites is 1. The first-order valence-electron chi connectivity index (χ1n) is 6.81. The second-order valence-corrected chi connectivity index (χ2v) is 4.43. The van der Waals surface area contributed by atoms with Crippen LogP contribution in [0.1, 0.15) is 31.7 Å². The van der Waals surface area contributed by atoms with E-state index in [-0.39, 0.29) is 0 Å². The van der Waals surface area contributed by atoms with Gasteiger partial charge in [0.2, 0.25) is 0 Å². The Balaban J connectivity index is 1.87. The van der Waals surface area contributed by atoms with Crippen molar-refractivity contribution >= 4 is 10.9 Å². The number of fused-ring (bicyclic) bond motifs is 1. The third-order valence-electron chi connectivity index (χ3n) is 2.76. The Morgan fingerprint density at radius 3 is 3.00 bits per heavy atom. The molecule has 1 aromatic carbocycles. The second-order valence-electron chi connectivity index (χ2n) is 4.43. The summed E-state index contributed by atoms with van der Waals surface area (Å²) in [7, 11) is 0. The standard InChI is InChI=1S/C17H19NO/c1-2-11-19-12-7-3-4-8-15-13-16-9-5-6-10-17(16)18-14-15/h5-6,9-10,13-14H,2-3,7,11-12H2,1H3. The zero-order chi connectivity index (χ0) is 13.3. The highest BCUT2D eigenvalue weighted by atomic mass is 16.5. The second kappa shape index (κ2) is 7.56. The van der Waals surface area contributed by atoms with Gasteiger partial charge in [-0.05, 0) is 25.0 Å². The molecule has 98 valence electrons. The van der Waals surface area contributed by atoms with Crippen LogP contribution in [0.3, 0.4) is 0 Å². The smallest absolute Gasteiger partial charge is 0.0702 e. The van der Waals surface area contributed by atoms with Crippen molar-refractivity contribution in [2.24, 2.45) is 0 Å². The van der Waals surface area contributed by atoms with Crippen molar-refractivity contribution in [2.45, 2.75) is 26.2 Å². The minimum atomic E-state index is 0.804. The molecule has 0 bridgehead atoms. The average molecular weight is 253 g/mol. The van der Waals surface area contributed by atoms with E-state index in [1.54, 1.807) is 0 Å². The van der Waals surface area contributed by atoms with Gasteiger partial charge in [-0.25, -0.2) is 0 Å². The topological polar surface area (TPSA) is 22.1 Å². The van der Waals surface area contributed by atoms with Crippen LogP contribution in [0.5, 0.6) is 0 Å². The van der Waals surface area contributed by atoms with Crippen LogP contribution < -0.4 is 0 Å². The van der Waals surface area contributed by atoms with E-state index in [9.17, 15) is 0 Å². The summed E-state index contributed by atoms with van der Waals surface area (Å²) < 4.78 is 5.41. The molecule has 2 nitrogen and oxygen atoms in total. The van der Waals surface area contributed by atoms with Gasteiger partial charge in [-0.1, -0.05) is 37.0 Å². The van der Waals surface area contributed by atoms with Crippen molar-refractivity contribution < 1.29 is 4.74 Å². The van der Waals surface area contributed by atoms with E-state index in [1.165, 1.54) is 0 Å². The van der Waals surface area contributed by atoms with Crippen LogP contribution in [0.15, 0.2) is 36.5 Å². The maximum Gasteiger partial charge on any atom is 0.0702 e. The fourth-order valence-corrected chi connectivity index (χ4v) is 1.81. The molecule has 1 heterocycles. The van der Waals surface area contributed by atoms with Gasteiger partial charge in [0.15, 0.2) is 0 Å². The largest absolute Gasteiger partial charge is 0.381 e. The molecule has 2 rings (SSSR count). The first-order valence-corrected chi connectivity index (χ1v) is 6.81. The first-order chi connectivity index (χ1) is 9.40. The number of aromatic nitrogens is 1. The highest BCUT2D eigenvalue weighted by molar-refractivity contribution is 5.79. The van der Waals surface area contributed by atoms with Crippen LogP contribution in [0.2, 0.25) is 0 Å². The summed E-state index contributed by atoms with van der Waals surface area (Å²) in [5.41, 5.74) is 1.99. The molecule has 1 aromatic heterocycles. The first kappa shape index (κ1) is 13.6. The maximum atomic E-state index is 5.41. The monoisotopic (exact) mass is 253 g/mol. The molecule has 2 aromatic rings. The number of pyridine rings is 1. The molecule has 2 heteroatoms. The summed E-state index contributed by atoms with van der Waals surface area (Å²) >= 11 is 0. The number of hydrogen-bond acceptors (Lipinski definition) is 2. The van der Waals surface area contributed by atoms with Gasteiger partial charge in [-0.2, -0.15) is 0 Å².